The lowest BCUT2D eigenvalue weighted by molar-refractivity contribution is -0.144. The van der Waals surface area contributed by atoms with Crippen LogP contribution >= 0.6 is 11.8 Å². The van der Waals surface area contributed by atoms with Crippen LogP contribution in [-0.4, -0.2) is 48.1 Å². The van der Waals surface area contributed by atoms with E-state index in [4.69, 9.17) is 0 Å². The summed E-state index contributed by atoms with van der Waals surface area (Å²) in [7, 11) is 1.77. The predicted molar refractivity (Wildman–Crippen MR) is 70.9 cm³/mol. The van der Waals surface area contributed by atoms with Crippen LogP contribution in [0.25, 0.3) is 0 Å². The molecule has 0 aliphatic heterocycles. The van der Waals surface area contributed by atoms with E-state index >= 15 is 0 Å². The van der Waals surface area contributed by atoms with E-state index < -0.39 is 11.5 Å². The molecule has 2 unspecified atom stereocenters. The number of carboxylic acids is 1. The first kappa shape index (κ1) is 14.3. The van der Waals surface area contributed by atoms with E-state index in [0.717, 1.165) is 12.8 Å². The second-order valence-corrected chi connectivity index (χ2v) is 6.68. The summed E-state index contributed by atoms with van der Waals surface area (Å²) in [6.07, 6.45) is 2.66. The summed E-state index contributed by atoms with van der Waals surface area (Å²) in [5, 5.41) is 24.7. The molecular weight excluding hydrogens is 266 g/mol. The van der Waals surface area contributed by atoms with Crippen LogP contribution in [0.4, 0.5) is 0 Å². The SMILES string of the molecule is CC(CC(C)(NC1CC1)C(=O)O)Sc1nnnn1C. The first-order chi connectivity index (χ1) is 8.90. The van der Waals surface area contributed by atoms with E-state index in [0.29, 0.717) is 17.6 Å². The summed E-state index contributed by atoms with van der Waals surface area (Å²) >= 11 is 1.49. The molecule has 1 aromatic rings. The number of aromatic nitrogens is 4. The number of aliphatic carboxylic acids is 1. The number of hydrogen-bond donors (Lipinski definition) is 2. The number of tetrazole rings is 1. The van der Waals surface area contributed by atoms with Crippen LogP contribution in [0.15, 0.2) is 5.16 Å². The normalized spacial score (nSPS) is 19.9. The fraction of sp³-hybridized carbons (Fsp3) is 0.818. The number of rotatable bonds is 7. The Kier molecular flexibility index (Phi) is 4.10. The van der Waals surface area contributed by atoms with Gasteiger partial charge >= 0.3 is 5.97 Å². The highest BCUT2D eigenvalue weighted by Crippen LogP contribution is 2.30. The zero-order chi connectivity index (χ0) is 14.0. The van der Waals surface area contributed by atoms with Crippen LogP contribution in [0, 0.1) is 0 Å². The molecule has 2 N–H and O–H groups in total. The molecule has 1 heterocycles. The van der Waals surface area contributed by atoms with Gasteiger partial charge in [0.1, 0.15) is 5.54 Å². The van der Waals surface area contributed by atoms with Crippen LogP contribution in [0.5, 0.6) is 0 Å². The Bertz CT molecular complexity index is 462. The topological polar surface area (TPSA) is 92.9 Å². The number of thioether (sulfide) groups is 1. The Balaban J connectivity index is 1.96. The van der Waals surface area contributed by atoms with Gasteiger partial charge in [-0.1, -0.05) is 18.7 Å². The smallest absolute Gasteiger partial charge is 0.323 e. The van der Waals surface area contributed by atoms with Crippen molar-refractivity contribution in [2.75, 3.05) is 0 Å². The number of nitrogens with one attached hydrogen (secondary N) is 1. The number of aryl methyl sites for hydroxylation is 1. The van der Waals surface area contributed by atoms with E-state index in [1.54, 1.807) is 18.7 Å². The molecule has 0 spiro atoms. The Morgan fingerprint density at radius 3 is 2.84 bits per heavy atom. The maximum absolute atomic E-state index is 11.5. The lowest BCUT2D eigenvalue weighted by Crippen LogP contribution is -2.52. The van der Waals surface area contributed by atoms with E-state index in [1.165, 1.54) is 11.8 Å². The highest BCUT2D eigenvalue weighted by Gasteiger charge is 2.39. The average molecular weight is 285 g/mol. The second kappa shape index (κ2) is 5.46. The Morgan fingerprint density at radius 2 is 2.37 bits per heavy atom. The summed E-state index contributed by atoms with van der Waals surface area (Å²) in [6, 6.07) is 0.356. The standard InChI is InChI=1S/C11H19N5O2S/c1-7(19-10-13-14-15-16(10)3)6-11(2,9(17)18)12-8-4-5-8/h7-8,12H,4-6H2,1-3H3,(H,17,18). The highest BCUT2D eigenvalue weighted by atomic mass is 32.2. The highest BCUT2D eigenvalue weighted by molar-refractivity contribution is 7.99. The molecule has 1 aromatic heterocycles. The molecule has 19 heavy (non-hydrogen) atoms. The molecule has 7 nitrogen and oxygen atoms in total. The quantitative estimate of drug-likeness (QED) is 0.711. The Morgan fingerprint density at radius 1 is 1.68 bits per heavy atom. The van der Waals surface area contributed by atoms with Crippen LogP contribution < -0.4 is 5.32 Å². The van der Waals surface area contributed by atoms with Crippen LogP contribution in [-0.2, 0) is 11.8 Å². The molecule has 2 rings (SSSR count). The third kappa shape index (κ3) is 3.66. The van der Waals surface area contributed by atoms with Gasteiger partial charge in [0.2, 0.25) is 5.16 Å². The van der Waals surface area contributed by atoms with E-state index in [2.05, 4.69) is 20.8 Å². The summed E-state index contributed by atoms with van der Waals surface area (Å²) < 4.78 is 1.59. The fourth-order valence-corrected chi connectivity index (χ4v) is 3.05. The van der Waals surface area contributed by atoms with Crippen molar-refractivity contribution in [3.63, 3.8) is 0 Å². The van der Waals surface area contributed by atoms with E-state index in [9.17, 15) is 9.90 Å². The molecule has 1 saturated carbocycles. The van der Waals surface area contributed by atoms with Crippen molar-refractivity contribution in [1.82, 2.24) is 25.5 Å². The molecule has 0 saturated heterocycles. The number of carbonyl (C=O) groups is 1. The summed E-state index contributed by atoms with van der Waals surface area (Å²) in [5.74, 6) is -0.803. The number of carboxylic acid groups (broad SMARTS) is 1. The third-order valence-electron chi connectivity index (χ3n) is 3.16. The minimum Gasteiger partial charge on any atom is -0.480 e. The zero-order valence-electron chi connectivity index (χ0n) is 11.3. The van der Waals surface area contributed by atoms with Gasteiger partial charge in [-0.15, -0.1) is 5.10 Å². The average Bonchev–Trinajstić information content (AvgIpc) is 3.02. The molecular formula is C11H19N5O2S. The molecule has 1 aliphatic rings. The molecule has 2 atom stereocenters. The Labute approximate surface area is 116 Å². The molecule has 0 aromatic carbocycles. The van der Waals surface area contributed by atoms with E-state index in [1.807, 2.05) is 6.92 Å². The summed E-state index contributed by atoms with van der Waals surface area (Å²) in [4.78, 5) is 11.5. The maximum atomic E-state index is 11.5. The Hall–Kier alpha value is -1.15. The van der Waals surface area contributed by atoms with Gasteiger partial charge in [0, 0.05) is 18.3 Å². The maximum Gasteiger partial charge on any atom is 0.323 e. The number of nitrogens with zero attached hydrogens (tertiary/aromatic N) is 4. The van der Waals surface area contributed by atoms with Crippen molar-refractivity contribution in [3.8, 4) is 0 Å². The van der Waals surface area contributed by atoms with Gasteiger partial charge in [-0.2, -0.15) is 0 Å². The van der Waals surface area contributed by atoms with Gasteiger partial charge < -0.3 is 5.11 Å². The number of hydrogen-bond acceptors (Lipinski definition) is 6. The summed E-state index contributed by atoms with van der Waals surface area (Å²) in [5.41, 5.74) is -0.889. The minimum absolute atomic E-state index is 0.108. The monoisotopic (exact) mass is 285 g/mol. The predicted octanol–water partition coefficient (Wildman–Crippen LogP) is 0.676. The van der Waals surface area contributed by atoms with E-state index in [-0.39, 0.29) is 5.25 Å². The van der Waals surface area contributed by atoms with Crippen molar-refractivity contribution in [2.24, 2.45) is 7.05 Å². The molecule has 0 bridgehead atoms. The fourth-order valence-electron chi connectivity index (χ4n) is 2.00. The van der Waals surface area contributed by atoms with Crippen molar-refractivity contribution in [1.29, 1.82) is 0 Å². The van der Waals surface area contributed by atoms with Crippen LogP contribution in [0.3, 0.4) is 0 Å². The van der Waals surface area contributed by atoms with Gasteiger partial charge in [0.05, 0.1) is 0 Å². The lowest BCUT2D eigenvalue weighted by atomic mass is 9.96. The van der Waals surface area contributed by atoms with Crippen molar-refractivity contribution >= 4 is 17.7 Å². The van der Waals surface area contributed by atoms with Gasteiger partial charge in [0.15, 0.2) is 0 Å². The van der Waals surface area contributed by atoms with Crippen LogP contribution in [0.2, 0.25) is 0 Å². The van der Waals surface area contributed by atoms with Gasteiger partial charge in [-0.05, 0) is 36.6 Å². The lowest BCUT2D eigenvalue weighted by Gasteiger charge is -2.28. The second-order valence-electron chi connectivity index (χ2n) is 5.27. The largest absolute Gasteiger partial charge is 0.480 e. The van der Waals surface area contributed by atoms with Gasteiger partial charge in [-0.25, -0.2) is 4.68 Å². The van der Waals surface area contributed by atoms with Crippen molar-refractivity contribution < 1.29 is 9.90 Å². The summed E-state index contributed by atoms with van der Waals surface area (Å²) in [6.45, 7) is 3.74. The van der Waals surface area contributed by atoms with Gasteiger partial charge in [-0.3, -0.25) is 10.1 Å². The first-order valence-corrected chi connectivity index (χ1v) is 7.19. The first-order valence-electron chi connectivity index (χ1n) is 6.31. The molecule has 106 valence electrons. The molecule has 8 heteroatoms. The molecule has 1 fully saturated rings. The zero-order valence-corrected chi connectivity index (χ0v) is 12.1. The van der Waals surface area contributed by atoms with Crippen molar-refractivity contribution in [2.45, 2.75) is 55.1 Å². The van der Waals surface area contributed by atoms with Crippen LogP contribution in [0.1, 0.15) is 33.1 Å². The molecule has 0 amide bonds. The third-order valence-corrected chi connectivity index (χ3v) is 4.28. The minimum atomic E-state index is -0.889. The molecule has 1 aliphatic carbocycles. The van der Waals surface area contributed by atoms with Crippen molar-refractivity contribution in [3.05, 3.63) is 0 Å². The van der Waals surface area contributed by atoms with Gasteiger partial charge in [0.25, 0.3) is 0 Å². The molecule has 0 radical (unpaired) electrons.